The Labute approximate surface area is 121 Å². The Morgan fingerprint density at radius 1 is 1.15 bits per heavy atom. The van der Waals surface area contributed by atoms with Crippen LogP contribution in [-0.2, 0) is 4.74 Å². The monoisotopic (exact) mass is 279 g/mol. The van der Waals surface area contributed by atoms with Crippen molar-refractivity contribution in [2.75, 3.05) is 20.2 Å². The molecule has 4 nitrogen and oxygen atoms in total. The zero-order valence-corrected chi connectivity index (χ0v) is 13.3. The first-order chi connectivity index (χ1) is 9.17. The fourth-order valence-corrected chi connectivity index (χ4v) is 1.75. The number of carbonyl (C=O) groups excluding carboxylic acids is 1. The summed E-state index contributed by atoms with van der Waals surface area (Å²) in [4.78, 5) is 13.3. The molecule has 0 unspecified atom stereocenters. The van der Waals surface area contributed by atoms with E-state index < -0.39 is 5.60 Å². The van der Waals surface area contributed by atoms with E-state index in [1.807, 2.05) is 46.8 Å². The molecule has 20 heavy (non-hydrogen) atoms. The first-order valence-electron chi connectivity index (χ1n) is 6.82. The first-order valence-corrected chi connectivity index (χ1v) is 6.82. The van der Waals surface area contributed by atoms with Gasteiger partial charge in [-0.2, -0.15) is 0 Å². The highest BCUT2D eigenvalue weighted by molar-refractivity contribution is 5.67. The average molecular weight is 279 g/mol. The maximum absolute atomic E-state index is 11.8. The van der Waals surface area contributed by atoms with Crippen LogP contribution in [0.15, 0.2) is 18.2 Å². The van der Waals surface area contributed by atoms with Crippen molar-refractivity contribution >= 4 is 6.09 Å². The lowest BCUT2D eigenvalue weighted by atomic mass is 10.1. The second kappa shape index (κ2) is 6.64. The van der Waals surface area contributed by atoms with Gasteiger partial charge in [-0.25, -0.2) is 4.79 Å². The van der Waals surface area contributed by atoms with Crippen molar-refractivity contribution in [3.05, 3.63) is 29.3 Å². The van der Waals surface area contributed by atoms with Gasteiger partial charge in [0, 0.05) is 7.05 Å². The molecule has 0 spiro atoms. The molecular formula is C16H25NO3. The molecule has 0 aromatic heterocycles. The fourth-order valence-electron chi connectivity index (χ4n) is 1.75. The number of likely N-dealkylation sites (N-methyl/N-ethyl adjacent to an activating group) is 1. The van der Waals surface area contributed by atoms with Crippen LogP contribution in [0.2, 0.25) is 0 Å². The summed E-state index contributed by atoms with van der Waals surface area (Å²) in [5, 5.41) is 0. The molecule has 0 heterocycles. The molecule has 0 aliphatic carbocycles. The number of hydrogen-bond donors (Lipinski definition) is 0. The smallest absolute Gasteiger partial charge is 0.410 e. The minimum absolute atomic E-state index is 0.332. The number of carbonyl (C=O) groups is 1. The molecule has 1 aromatic rings. The van der Waals surface area contributed by atoms with Crippen molar-refractivity contribution in [3.63, 3.8) is 0 Å². The Morgan fingerprint density at radius 2 is 1.70 bits per heavy atom. The number of aryl methyl sites for hydroxylation is 2. The van der Waals surface area contributed by atoms with Crippen LogP contribution in [0.25, 0.3) is 0 Å². The molecule has 0 aliphatic rings. The highest BCUT2D eigenvalue weighted by Gasteiger charge is 2.19. The predicted octanol–water partition coefficient (Wildman–Crippen LogP) is 3.55. The number of nitrogens with zero attached hydrogens (tertiary/aromatic N) is 1. The summed E-state index contributed by atoms with van der Waals surface area (Å²) in [5.41, 5.74) is 1.86. The third-order valence-electron chi connectivity index (χ3n) is 2.60. The topological polar surface area (TPSA) is 38.8 Å². The van der Waals surface area contributed by atoms with E-state index in [-0.39, 0.29) is 6.09 Å². The molecule has 0 atom stereocenters. The molecule has 0 bridgehead atoms. The van der Waals surface area contributed by atoms with E-state index >= 15 is 0 Å². The summed E-state index contributed by atoms with van der Waals surface area (Å²) in [6, 6.07) is 6.07. The third kappa shape index (κ3) is 5.95. The summed E-state index contributed by atoms with van der Waals surface area (Å²) in [6.07, 6.45) is -0.332. The van der Waals surface area contributed by atoms with E-state index in [0.717, 1.165) is 5.75 Å². The molecule has 1 amide bonds. The second-order valence-corrected chi connectivity index (χ2v) is 6.07. The van der Waals surface area contributed by atoms with E-state index in [0.29, 0.717) is 13.2 Å². The number of ether oxygens (including phenoxy) is 2. The van der Waals surface area contributed by atoms with Gasteiger partial charge in [-0.1, -0.05) is 6.07 Å². The Bertz CT molecular complexity index is 443. The zero-order chi connectivity index (χ0) is 15.3. The summed E-state index contributed by atoms with van der Waals surface area (Å²) in [6.45, 7) is 10.6. The van der Waals surface area contributed by atoms with Gasteiger partial charge in [0.1, 0.15) is 18.0 Å². The SMILES string of the molecule is Cc1cc(C)cc(OCCN(C)C(=O)OC(C)(C)C)c1. The van der Waals surface area contributed by atoms with Gasteiger partial charge < -0.3 is 14.4 Å². The van der Waals surface area contributed by atoms with Crippen molar-refractivity contribution in [2.45, 2.75) is 40.2 Å². The van der Waals surface area contributed by atoms with Gasteiger partial charge in [-0.05, 0) is 57.9 Å². The van der Waals surface area contributed by atoms with E-state index in [1.54, 1.807) is 7.05 Å². The molecule has 0 saturated carbocycles. The molecule has 1 aromatic carbocycles. The van der Waals surface area contributed by atoms with Gasteiger partial charge in [0.05, 0.1) is 6.54 Å². The Kier molecular flexibility index (Phi) is 5.43. The number of benzene rings is 1. The van der Waals surface area contributed by atoms with Crippen LogP contribution in [0.5, 0.6) is 5.75 Å². The van der Waals surface area contributed by atoms with Crippen LogP contribution in [0.1, 0.15) is 31.9 Å². The number of amides is 1. The first kappa shape index (κ1) is 16.3. The molecule has 0 fully saturated rings. The lowest BCUT2D eigenvalue weighted by molar-refractivity contribution is 0.0278. The lowest BCUT2D eigenvalue weighted by Crippen LogP contribution is -2.36. The van der Waals surface area contributed by atoms with E-state index in [1.165, 1.54) is 16.0 Å². The van der Waals surface area contributed by atoms with Crippen LogP contribution < -0.4 is 4.74 Å². The maximum Gasteiger partial charge on any atom is 0.410 e. The number of hydrogen-bond acceptors (Lipinski definition) is 3. The van der Waals surface area contributed by atoms with Gasteiger partial charge in [0.2, 0.25) is 0 Å². The molecule has 112 valence electrons. The zero-order valence-electron chi connectivity index (χ0n) is 13.3. The minimum atomic E-state index is -0.472. The van der Waals surface area contributed by atoms with Crippen molar-refractivity contribution in [2.24, 2.45) is 0 Å². The van der Waals surface area contributed by atoms with Gasteiger partial charge >= 0.3 is 6.09 Å². The molecule has 0 radical (unpaired) electrons. The van der Waals surface area contributed by atoms with Gasteiger partial charge in [-0.3, -0.25) is 0 Å². The van der Waals surface area contributed by atoms with Crippen LogP contribution in [-0.4, -0.2) is 36.8 Å². The van der Waals surface area contributed by atoms with Crippen molar-refractivity contribution in [3.8, 4) is 5.75 Å². The van der Waals surface area contributed by atoms with Gasteiger partial charge in [0.15, 0.2) is 0 Å². The third-order valence-corrected chi connectivity index (χ3v) is 2.60. The van der Waals surface area contributed by atoms with E-state index in [2.05, 4.69) is 6.07 Å². The van der Waals surface area contributed by atoms with Crippen molar-refractivity contribution in [1.29, 1.82) is 0 Å². The Hall–Kier alpha value is -1.71. The van der Waals surface area contributed by atoms with Crippen LogP contribution in [0.4, 0.5) is 4.79 Å². The molecular weight excluding hydrogens is 254 g/mol. The Balaban J connectivity index is 2.42. The second-order valence-electron chi connectivity index (χ2n) is 6.07. The van der Waals surface area contributed by atoms with Crippen molar-refractivity contribution in [1.82, 2.24) is 4.90 Å². The lowest BCUT2D eigenvalue weighted by Gasteiger charge is -2.24. The summed E-state index contributed by atoms with van der Waals surface area (Å²) >= 11 is 0. The summed E-state index contributed by atoms with van der Waals surface area (Å²) in [7, 11) is 1.71. The van der Waals surface area contributed by atoms with Crippen LogP contribution in [0, 0.1) is 13.8 Å². The quantitative estimate of drug-likeness (QED) is 0.846. The molecule has 0 N–H and O–H groups in total. The predicted molar refractivity (Wildman–Crippen MR) is 80.3 cm³/mol. The highest BCUT2D eigenvalue weighted by Crippen LogP contribution is 2.16. The standard InChI is InChI=1S/C16H25NO3/c1-12-9-13(2)11-14(10-12)19-8-7-17(6)15(18)20-16(3,4)5/h9-11H,7-8H2,1-6H3. The van der Waals surface area contributed by atoms with Gasteiger partial charge in [-0.15, -0.1) is 0 Å². The fraction of sp³-hybridized carbons (Fsp3) is 0.562. The molecule has 1 rings (SSSR count). The van der Waals surface area contributed by atoms with E-state index in [4.69, 9.17) is 9.47 Å². The largest absolute Gasteiger partial charge is 0.492 e. The van der Waals surface area contributed by atoms with Crippen LogP contribution in [0.3, 0.4) is 0 Å². The van der Waals surface area contributed by atoms with E-state index in [9.17, 15) is 4.79 Å². The van der Waals surface area contributed by atoms with Crippen LogP contribution >= 0.6 is 0 Å². The summed E-state index contributed by atoms with van der Waals surface area (Å²) < 4.78 is 10.9. The normalized spacial score (nSPS) is 11.1. The molecule has 0 saturated heterocycles. The minimum Gasteiger partial charge on any atom is -0.492 e. The number of rotatable bonds is 4. The molecule has 0 aliphatic heterocycles. The summed E-state index contributed by atoms with van der Waals surface area (Å²) in [5.74, 6) is 0.833. The molecule has 4 heteroatoms. The highest BCUT2D eigenvalue weighted by atomic mass is 16.6. The van der Waals surface area contributed by atoms with Crippen molar-refractivity contribution < 1.29 is 14.3 Å². The Morgan fingerprint density at radius 3 is 2.20 bits per heavy atom. The average Bonchev–Trinajstić information content (AvgIpc) is 2.25. The van der Waals surface area contributed by atoms with Gasteiger partial charge in [0.25, 0.3) is 0 Å². The maximum atomic E-state index is 11.8.